The van der Waals surface area contributed by atoms with E-state index in [1.807, 2.05) is 19.1 Å². The number of hydrogen-bond acceptors (Lipinski definition) is 4. The molecule has 2 rings (SSSR count). The van der Waals surface area contributed by atoms with Gasteiger partial charge >= 0.3 is 0 Å². The lowest BCUT2D eigenvalue weighted by molar-refractivity contribution is -0.121. The number of pyridine rings is 1. The first-order chi connectivity index (χ1) is 8.79. The first-order valence-electron chi connectivity index (χ1n) is 5.88. The van der Waals surface area contributed by atoms with Crippen LogP contribution in [0.2, 0.25) is 0 Å². The summed E-state index contributed by atoms with van der Waals surface area (Å²) in [6.07, 6.45) is 6.56. The van der Waals surface area contributed by atoms with Gasteiger partial charge in [0, 0.05) is 18.8 Å². The van der Waals surface area contributed by atoms with Crippen molar-refractivity contribution in [1.82, 2.24) is 25.3 Å². The minimum absolute atomic E-state index is 0.0379. The van der Waals surface area contributed by atoms with Gasteiger partial charge in [-0.25, -0.2) is 4.68 Å². The molecule has 0 aliphatic carbocycles. The smallest absolute Gasteiger partial charge is 0.220 e. The van der Waals surface area contributed by atoms with Crippen LogP contribution in [0, 0.1) is 0 Å². The van der Waals surface area contributed by atoms with E-state index in [0.29, 0.717) is 13.0 Å². The van der Waals surface area contributed by atoms with E-state index >= 15 is 0 Å². The summed E-state index contributed by atoms with van der Waals surface area (Å²) in [5, 5.41) is 10.8. The van der Waals surface area contributed by atoms with Gasteiger partial charge in [0.25, 0.3) is 0 Å². The van der Waals surface area contributed by atoms with Gasteiger partial charge in [-0.15, -0.1) is 5.10 Å². The molecule has 0 aliphatic heterocycles. The zero-order chi connectivity index (χ0) is 12.8. The van der Waals surface area contributed by atoms with E-state index in [2.05, 4.69) is 20.6 Å². The molecule has 1 N–H and O–H groups in total. The lowest BCUT2D eigenvalue weighted by Crippen LogP contribution is -2.22. The maximum absolute atomic E-state index is 11.3. The molecule has 0 radical (unpaired) electrons. The highest BCUT2D eigenvalue weighted by molar-refractivity contribution is 5.75. The van der Waals surface area contributed by atoms with Crippen LogP contribution in [0.15, 0.2) is 30.7 Å². The molecule has 2 aromatic heterocycles. The van der Waals surface area contributed by atoms with Gasteiger partial charge in [0.05, 0.1) is 18.4 Å². The third kappa shape index (κ3) is 3.13. The maximum atomic E-state index is 11.3. The molecular weight excluding hydrogens is 230 g/mol. The molecule has 0 aliphatic rings. The van der Waals surface area contributed by atoms with Gasteiger partial charge in [-0.05, 0) is 18.6 Å². The van der Waals surface area contributed by atoms with E-state index in [4.69, 9.17) is 0 Å². The predicted molar refractivity (Wildman–Crippen MR) is 65.9 cm³/mol. The molecule has 0 aromatic carbocycles. The Morgan fingerprint density at radius 2 is 2.17 bits per heavy atom. The maximum Gasteiger partial charge on any atom is 0.220 e. The lowest BCUT2D eigenvalue weighted by atomic mass is 10.3. The van der Waals surface area contributed by atoms with Gasteiger partial charge in [0.2, 0.25) is 5.91 Å². The molecule has 0 atom stereocenters. The van der Waals surface area contributed by atoms with E-state index in [1.54, 1.807) is 23.3 Å². The zero-order valence-corrected chi connectivity index (χ0v) is 10.2. The Balaban J connectivity index is 1.97. The predicted octanol–water partition coefficient (Wildman–Crippen LogP) is 1.08. The first-order valence-corrected chi connectivity index (χ1v) is 5.88. The van der Waals surface area contributed by atoms with Crippen molar-refractivity contribution in [2.24, 2.45) is 0 Å². The van der Waals surface area contributed by atoms with Crippen LogP contribution < -0.4 is 5.32 Å². The Kier molecular flexibility index (Phi) is 4.01. The standard InChI is InChI=1S/C12H15N5O/c1-2-3-12(18)14-8-10-9-17(16-15-10)11-4-6-13-7-5-11/h4-7,9H,2-3,8H2,1H3,(H,14,18). The van der Waals surface area contributed by atoms with Gasteiger partial charge in [0.15, 0.2) is 0 Å². The molecule has 0 unspecified atom stereocenters. The molecule has 1 amide bonds. The van der Waals surface area contributed by atoms with E-state index in [-0.39, 0.29) is 5.91 Å². The second kappa shape index (κ2) is 5.90. The van der Waals surface area contributed by atoms with Crippen LogP contribution in [0.25, 0.3) is 5.69 Å². The summed E-state index contributed by atoms with van der Waals surface area (Å²) in [7, 11) is 0. The topological polar surface area (TPSA) is 72.7 Å². The summed E-state index contributed by atoms with van der Waals surface area (Å²) in [6, 6.07) is 3.68. The summed E-state index contributed by atoms with van der Waals surface area (Å²) >= 11 is 0. The van der Waals surface area contributed by atoms with Gasteiger partial charge in [-0.2, -0.15) is 0 Å². The normalized spacial score (nSPS) is 10.3. The van der Waals surface area contributed by atoms with Crippen LogP contribution in [0.5, 0.6) is 0 Å². The van der Waals surface area contributed by atoms with Gasteiger partial charge < -0.3 is 5.32 Å². The van der Waals surface area contributed by atoms with Crippen LogP contribution in [0.3, 0.4) is 0 Å². The largest absolute Gasteiger partial charge is 0.350 e. The molecule has 6 heteroatoms. The SMILES string of the molecule is CCCC(=O)NCc1cn(-c2ccncc2)nn1. The van der Waals surface area contributed by atoms with Crippen LogP contribution >= 0.6 is 0 Å². The van der Waals surface area contributed by atoms with Crippen molar-refractivity contribution in [3.05, 3.63) is 36.4 Å². The molecule has 0 saturated carbocycles. The summed E-state index contributed by atoms with van der Waals surface area (Å²) in [5.41, 5.74) is 1.62. The molecule has 94 valence electrons. The van der Waals surface area contributed by atoms with Crippen molar-refractivity contribution in [3.8, 4) is 5.69 Å². The Bertz CT molecular complexity index is 508. The van der Waals surface area contributed by atoms with Gasteiger partial charge in [-0.1, -0.05) is 12.1 Å². The summed E-state index contributed by atoms with van der Waals surface area (Å²) < 4.78 is 1.66. The fraction of sp³-hybridized carbons (Fsp3) is 0.333. The second-order valence-electron chi connectivity index (χ2n) is 3.89. The number of carbonyl (C=O) groups excluding carboxylic acids is 1. The van der Waals surface area contributed by atoms with Crippen LogP contribution in [0.4, 0.5) is 0 Å². The van der Waals surface area contributed by atoms with Crippen molar-refractivity contribution in [3.63, 3.8) is 0 Å². The fourth-order valence-electron chi connectivity index (χ4n) is 1.51. The van der Waals surface area contributed by atoms with Gasteiger partial charge in [-0.3, -0.25) is 9.78 Å². The monoisotopic (exact) mass is 245 g/mol. The molecule has 2 heterocycles. The van der Waals surface area contributed by atoms with E-state index in [0.717, 1.165) is 17.8 Å². The van der Waals surface area contributed by atoms with E-state index < -0.39 is 0 Å². The average molecular weight is 245 g/mol. The van der Waals surface area contributed by atoms with Crippen molar-refractivity contribution in [2.75, 3.05) is 0 Å². The Labute approximate surface area is 105 Å². The molecule has 2 aromatic rings. The number of carbonyl (C=O) groups is 1. The Hall–Kier alpha value is -2.24. The fourth-order valence-corrected chi connectivity index (χ4v) is 1.51. The number of amides is 1. The van der Waals surface area contributed by atoms with E-state index in [1.165, 1.54) is 0 Å². The summed E-state index contributed by atoms with van der Waals surface area (Å²) in [4.78, 5) is 15.3. The number of nitrogens with one attached hydrogen (secondary N) is 1. The Morgan fingerprint density at radius 3 is 2.89 bits per heavy atom. The summed E-state index contributed by atoms with van der Waals surface area (Å²) in [5.74, 6) is 0.0379. The molecular formula is C12H15N5O. The minimum Gasteiger partial charge on any atom is -0.350 e. The lowest BCUT2D eigenvalue weighted by Gasteiger charge is -2.00. The number of nitrogens with zero attached hydrogens (tertiary/aromatic N) is 4. The van der Waals surface area contributed by atoms with Crippen molar-refractivity contribution in [2.45, 2.75) is 26.3 Å². The van der Waals surface area contributed by atoms with Gasteiger partial charge in [0.1, 0.15) is 5.69 Å². The molecule has 0 spiro atoms. The van der Waals surface area contributed by atoms with Crippen LogP contribution in [0.1, 0.15) is 25.5 Å². The highest BCUT2D eigenvalue weighted by atomic mass is 16.1. The molecule has 0 fully saturated rings. The second-order valence-corrected chi connectivity index (χ2v) is 3.89. The number of aromatic nitrogens is 4. The van der Waals surface area contributed by atoms with Crippen molar-refractivity contribution >= 4 is 5.91 Å². The van der Waals surface area contributed by atoms with Crippen molar-refractivity contribution < 1.29 is 4.79 Å². The molecule has 0 bridgehead atoms. The van der Waals surface area contributed by atoms with E-state index in [9.17, 15) is 4.79 Å². The third-order valence-corrected chi connectivity index (χ3v) is 2.41. The Morgan fingerprint density at radius 1 is 1.39 bits per heavy atom. The van der Waals surface area contributed by atoms with Crippen molar-refractivity contribution in [1.29, 1.82) is 0 Å². The zero-order valence-electron chi connectivity index (χ0n) is 10.2. The quantitative estimate of drug-likeness (QED) is 0.855. The van der Waals surface area contributed by atoms with Crippen LogP contribution in [-0.2, 0) is 11.3 Å². The molecule has 0 saturated heterocycles. The molecule has 18 heavy (non-hydrogen) atoms. The first kappa shape index (κ1) is 12.2. The third-order valence-electron chi connectivity index (χ3n) is 2.41. The highest BCUT2D eigenvalue weighted by Gasteiger charge is 2.04. The van der Waals surface area contributed by atoms with Crippen LogP contribution in [-0.4, -0.2) is 25.9 Å². The highest BCUT2D eigenvalue weighted by Crippen LogP contribution is 2.04. The average Bonchev–Trinajstić information content (AvgIpc) is 2.87. The number of rotatable bonds is 5. The number of hydrogen-bond donors (Lipinski definition) is 1. The minimum atomic E-state index is 0.0379. The summed E-state index contributed by atoms with van der Waals surface area (Å²) in [6.45, 7) is 2.38. The molecule has 6 nitrogen and oxygen atoms in total.